The zero-order chi connectivity index (χ0) is 17.9. The molecule has 7 heteroatoms. The van der Waals surface area contributed by atoms with Gasteiger partial charge in [-0.3, -0.25) is 9.78 Å². The van der Waals surface area contributed by atoms with Crippen LogP contribution in [0.5, 0.6) is 0 Å². The summed E-state index contributed by atoms with van der Waals surface area (Å²) in [6.45, 7) is 9.00. The number of amides is 2. The predicted octanol–water partition coefficient (Wildman–Crippen LogP) is 2.85. The van der Waals surface area contributed by atoms with E-state index in [0.29, 0.717) is 26.1 Å². The summed E-state index contributed by atoms with van der Waals surface area (Å²) in [5.74, 6) is 0.0468. The lowest BCUT2D eigenvalue weighted by Gasteiger charge is -2.40. The smallest absolute Gasteiger partial charge is 0.410 e. The number of hydrogen-bond acceptors (Lipinski definition) is 4. The number of pyridine rings is 1. The Morgan fingerprint density at radius 3 is 2.62 bits per heavy atom. The molecule has 1 atom stereocenters. The Balaban J connectivity index is 1.92. The molecule has 1 fully saturated rings. The van der Waals surface area contributed by atoms with Crippen LogP contribution in [0.25, 0.3) is 0 Å². The average Bonchev–Trinajstić information content (AvgIpc) is 2.45. The first kappa shape index (κ1) is 18.7. The van der Waals surface area contributed by atoms with E-state index in [1.807, 2.05) is 33.8 Å². The normalized spacial score (nSPS) is 18.5. The van der Waals surface area contributed by atoms with Crippen LogP contribution in [-0.4, -0.2) is 58.1 Å². The molecule has 0 unspecified atom stereocenters. The van der Waals surface area contributed by atoms with Crippen LogP contribution in [0.15, 0.2) is 22.9 Å². The second-order valence-corrected chi connectivity index (χ2v) is 7.97. The highest BCUT2D eigenvalue weighted by atomic mass is 79.9. The number of halogens is 1. The SMILES string of the molecule is C[C@@H]1CN(C(=O)Cc2cncc(Br)c2)CCN1C(=O)OC(C)(C)C. The van der Waals surface area contributed by atoms with Crippen LogP contribution in [0.4, 0.5) is 4.79 Å². The number of carbonyl (C=O) groups is 2. The summed E-state index contributed by atoms with van der Waals surface area (Å²) in [7, 11) is 0. The molecular formula is C17H24BrN3O3. The first-order valence-corrected chi connectivity index (χ1v) is 8.82. The standard InChI is InChI=1S/C17H24BrN3O3/c1-12-11-20(5-6-21(12)16(23)24-17(2,3)4)15(22)8-13-7-14(18)10-19-9-13/h7,9-10,12H,5-6,8,11H2,1-4H3/t12-/m1/s1. The molecule has 2 amide bonds. The van der Waals surface area contributed by atoms with E-state index in [2.05, 4.69) is 20.9 Å². The van der Waals surface area contributed by atoms with Crippen molar-refractivity contribution < 1.29 is 14.3 Å². The van der Waals surface area contributed by atoms with Gasteiger partial charge in [0.15, 0.2) is 0 Å². The molecule has 132 valence electrons. The molecule has 2 heterocycles. The molecule has 0 radical (unpaired) electrons. The maximum Gasteiger partial charge on any atom is 0.410 e. The van der Waals surface area contributed by atoms with Gasteiger partial charge in [-0.2, -0.15) is 0 Å². The van der Waals surface area contributed by atoms with Gasteiger partial charge in [-0.25, -0.2) is 4.79 Å². The fraction of sp³-hybridized carbons (Fsp3) is 0.588. The van der Waals surface area contributed by atoms with Crippen LogP contribution in [0.3, 0.4) is 0 Å². The Bertz CT molecular complexity index is 615. The topological polar surface area (TPSA) is 62.7 Å². The largest absolute Gasteiger partial charge is 0.444 e. The van der Waals surface area contributed by atoms with E-state index in [0.717, 1.165) is 10.0 Å². The van der Waals surface area contributed by atoms with E-state index in [9.17, 15) is 9.59 Å². The van der Waals surface area contributed by atoms with Crippen molar-refractivity contribution in [1.82, 2.24) is 14.8 Å². The van der Waals surface area contributed by atoms with Gasteiger partial charge in [0.2, 0.25) is 5.91 Å². The van der Waals surface area contributed by atoms with E-state index < -0.39 is 5.60 Å². The van der Waals surface area contributed by atoms with Crippen LogP contribution in [0.1, 0.15) is 33.3 Å². The Hall–Kier alpha value is -1.63. The molecule has 0 N–H and O–H groups in total. The highest BCUT2D eigenvalue weighted by Gasteiger charge is 2.32. The van der Waals surface area contributed by atoms with E-state index in [-0.39, 0.29) is 18.0 Å². The van der Waals surface area contributed by atoms with Crippen LogP contribution in [-0.2, 0) is 16.0 Å². The van der Waals surface area contributed by atoms with Gasteiger partial charge in [-0.15, -0.1) is 0 Å². The van der Waals surface area contributed by atoms with Gasteiger partial charge < -0.3 is 14.5 Å². The second kappa shape index (κ2) is 7.51. The van der Waals surface area contributed by atoms with Crippen molar-refractivity contribution >= 4 is 27.9 Å². The molecular weight excluding hydrogens is 374 g/mol. The van der Waals surface area contributed by atoms with Gasteiger partial charge in [0.1, 0.15) is 5.60 Å². The molecule has 1 aromatic heterocycles. The Morgan fingerprint density at radius 2 is 2.04 bits per heavy atom. The minimum absolute atomic E-state index is 0.0468. The van der Waals surface area contributed by atoms with E-state index in [4.69, 9.17) is 4.74 Å². The molecule has 0 spiro atoms. The molecule has 1 aliphatic rings. The minimum atomic E-state index is -0.516. The fourth-order valence-corrected chi connectivity index (χ4v) is 3.03. The van der Waals surface area contributed by atoms with Crippen molar-refractivity contribution in [2.45, 2.75) is 45.8 Å². The zero-order valence-electron chi connectivity index (χ0n) is 14.6. The number of ether oxygens (including phenoxy) is 1. The van der Waals surface area contributed by atoms with Crippen LogP contribution < -0.4 is 0 Å². The molecule has 2 rings (SSSR count). The van der Waals surface area contributed by atoms with Gasteiger partial charge in [0.05, 0.1) is 6.42 Å². The summed E-state index contributed by atoms with van der Waals surface area (Å²) in [5, 5.41) is 0. The summed E-state index contributed by atoms with van der Waals surface area (Å²) in [4.78, 5) is 32.3. The molecule has 1 aliphatic heterocycles. The van der Waals surface area contributed by atoms with E-state index in [1.54, 1.807) is 22.2 Å². The van der Waals surface area contributed by atoms with Gasteiger partial charge in [0.25, 0.3) is 0 Å². The number of carbonyl (C=O) groups excluding carboxylic acids is 2. The lowest BCUT2D eigenvalue weighted by molar-refractivity contribution is -0.133. The third-order valence-electron chi connectivity index (χ3n) is 3.73. The third kappa shape index (κ3) is 5.19. The summed E-state index contributed by atoms with van der Waals surface area (Å²) >= 11 is 3.36. The first-order chi connectivity index (χ1) is 11.2. The molecule has 0 aliphatic carbocycles. The lowest BCUT2D eigenvalue weighted by Crippen LogP contribution is -2.56. The molecule has 1 saturated heterocycles. The monoisotopic (exact) mass is 397 g/mol. The number of aromatic nitrogens is 1. The Morgan fingerprint density at radius 1 is 1.33 bits per heavy atom. The molecule has 0 aromatic carbocycles. The molecule has 6 nitrogen and oxygen atoms in total. The van der Waals surface area contributed by atoms with Gasteiger partial charge >= 0.3 is 6.09 Å². The van der Waals surface area contributed by atoms with Gasteiger partial charge in [0, 0.05) is 42.5 Å². The quantitative estimate of drug-likeness (QED) is 0.769. The highest BCUT2D eigenvalue weighted by Crippen LogP contribution is 2.17. The van der Waals surface area contributed by atoms with E-state index in [1.165, 1.54) is 0 Å². The predicted molar refractivity (Wildman–Crippen MR) is 94.6 cm³/mol. The van der Waals surface area contributed by atoms with Crippen LogP contribution >= 0.6 is 15.9 Å². The van der Waals surface area contributed by atoms with Gasteiger partial charge in [-0.1, -0.05) is 0 Å². The fourth-order valence-electron chi connectivity index (χ4n) is 2.61. The number of hydrogen-bond donors (Lipinski definition) is 0. The highest BCUT2D eigenvalue weighted by molar-refractivity contribution is 9.10. The number of piperazine rings is 1. The minimum Gasteiger partial charge on any atom is -0.444 e. The molecule has 0 saturated carbocycles. The summed E-state index contributed by atoms with van der Waals surface area (Å²) in [6, 6.07) is 1.82. The summed E-state index contributed by atoms with van der Waals surface area (Å²) < 4.78 is 6.28. The lowest BCUT2D eigenvalue weighted by atomic mass is 10.1. The first-order valence-electron chi connectivity index (χ1n) is 8.02. The van der Waals surface area contributed by atoms with Crippen LogP contribution in [0, 0.1) is 0 Å². The van der Waals surface area contributed by atoms with Gasteiger partial charge in [-0.05, 0) is 55.3 Å². The van der Waals surface area contributed by atoms with Crippen molar-refractivity contribution in [3.05, 3.63) is 28.5 Å². The summed E-state index contributed by atoms with van der Waals surface area (Å²) in [6.07, 6.45) is 3.38. The Labute approximate surface area is 151 Å². The number of rotatable bonds is 2. The van der Waals surface area contributed by atoms with Crippen molar-refractivity contribution in [3.63, 3.8) is 0 Å². The van der Waals surface area contributed by atoms with Crippen molar-refractivity contribution in [3.8, 4) is 0 Å². The maximum atomic E-state index is 12.5. The third-order valence-corrected chi connectivity index (χ3v) is 4.16. The zero-order valence-corrected chi connectivity index (χ0v) is 16.2. The van der Waals surface area contributed by atoms with Crippen LogP contribution in [0.2, 0.25) is 0 Å². The molecule has 1 aromatic rings. The maximum absolute atomic E-state index is 12.5. The van der Waals surface area contributed by atoms with E-state index >= 15 is 0 Å². The average molecular weight is 398 g/mol. The van der Waals surface area contributed by atoms with Crippen molar-refractivity contribution in [1.29, 1.82) is 0 Å². The molecule has 0 bridgehead atoms. The van der Waals surface area contributed by atoms with Crippen molar-refractivity contribution in [2.75, 3.05) is 19.6 Å². The second-order valence-electron chi connectivity index (χ2n) is 7.05. The van der Waals surface area contributed by atoms with Crippen molar-refractivity contribution in [2.24, 2.45) is 0 Å². The Kier molecular flexibility index (Phi) is 5.85. The summed E-state index contributed by atoms with van der Waals surface area (Å²) in [5.41, 5.74) is 0.355. The number of nitrogens with zero attached hydrogens (tertiary/aromatic N) is 3. The molecule has 24 heavy (non-hydrogen) atoms.